The largest absolute Gasteiger partial charge is 0.508 e. The molecule has 0 heterocycles. The van der Waals surface area contributed by atoms with E-state index in [0.29, 0.717) is 18.1 Å². The number of rotatable bonds is 5. The predicted molar refractivity (Wildman–Crippen MR) is 76.8 cm³/mol. The Morgan fingerprint density at radius 1 is 0.636 bits per heavy atom. The molecule has 0 aliphatic carbocycles. The lowest BCUT2D eigenvalue weighted by molar-refractivity contribution is 0.108. The highest BCUT2D eigenvalue weighted by Crippen LogP contribution is 2.36. The molecule has 0 radical (unpaired) electrons. The van der Waals surface area contributed by atoms with E-state index in [2.05, 4.69) is 0 Å². The van der Waals surface area contributed by atoms with E-state index in [0.717, 1.165) is 0 Å². The molecule has 2 aromatic rings. The SMILES string of the molecule is O=Cc1c(O)c(C=O)c(C=O)c(-c2ccc(O)cc2)c1C=O. The molecule has 6 heteroatoms. The van der Waals surface area contributed by atoms with Crippen molar-refractivity contribution >= 4 is 25.1 Å². The maximum atomic E-state index is 11.3. The van der Waals surface area contributed by atoms with Crippen LogP contribution >= 0.6 is 0 Å². The molecule has 0 saturated carbocycles. The highest BCUT2D eigenvalue weighted by Gasteiger charge is 2.23. The zero-order valence-electron chi connectivity index (χ0n) is 11.1. The first-order valence-electron chi connectivity index (χ1n) is 6.12. The summed E-state index contributed by atoms with van der Waals surface area (Å²) in [6.07, 6.45) is 1.13. The summed E-state index contributed by atoms with van der Waals surface area (Å²) in [6.45, 7) is 0. The average molecular weight is 298 g/mol. The highest BCUT2D eigenvalue weighted by atomic mass is 16.3. The molecule has 110 valence electrons. The summed E-state index contributed by atoms with van der Waals surface area (Å²) in [4.78, 5) is 45.0. The number of phenols is 2. The molecular weight excluding hydrogens is 288 g/mol. The Bertz CT molecular complexity index is 733. The van der Waals surface area contributed by atoms with E-state index >= 15 is 0 Å². The first-order valence-corrected chi connectivity index (χ1v) is 6.12. The number of aromatic hydroxyl groups is 2. The Hall–Kier alpha value is -3.28. The van der Waals surface area contributed by atoms with Crippen molar-refractivity contribution in [1.29, 1.82) is 0 Å². The predicted octanol–water partition coefficient (Wildman–Crippen LogP) is 2.01. The number of carbonyl (C=O) groups is 4. The molecular formula is C16H10O6. The van der Waals surface area contributed by atoms with Gasteiger partial charge in [0, 0.05) is 16.7 Å². The van der Waals surface area contributed by atoms with Gasteiger partial charge in [-0.3, -0.25) is 19.2 Å². The van der Waals surface area contributed by atoms with Crippen LogP contribution < -0.4 is 0 Å². The lowest BCUT2D eigenvalue weighted by atomic mass is 9.88. The minimum absolute atomic E-state index is 0.0333. The van der Waals surface area contributed by atoms with Gasteiger partial charge in [0.15, 0.2) is 25.1 Å². The number of carbonyl (C=O) groups excluding carboxylic acids is 4. The highest BCUT2D eigenvalue weighted by molar-refractivity contribution is 6.10. The Kier molecular flexibility index (Phi) is 4.13. The number of hydrogen-bond donors (Lipinski definition) is 2. The molecule has 0 aliphatic rings. The monoisotopic (exact) mass is 298 g/mol. The third-order valence-electron chi connectivity index (χ3n) is 3.26. The smallest absolute Gasteiger partial charge is 0.154 e. The fourth-order valence-electron chi connectivity index (χ4n) is 2.24. The van der Waals surface area contributed by atoms with Crippen molar-refractivity contribution in [2.45, 2.75) is 0 Å². The van der Waals surface area contributed by atoms with Crippen LogP contribution in [-0.2, 0) is 0 Å². The summed E-state index contributed by atoms with van der Waals surface area (Å²) in [5.41, 5.74) is -0.756. The molecule has 0 bridgehead atoms. The molecule has 0 amide bonds. The Labute approximate surface area is 124 Å². The zero-order chi connectivity index (χ0) is 16.3. The fourth-order valence-corrected chi connectivity index (χ4v) is 2.24. The summed E-state index contributed by atoms with van der Waals surface area (Å²) >= 11 is 0. The second kappa shape index (κ2) is 6.01. The van der Waals surface area contributed by atoms with Gasteiger partial charge in [0.25, 0.3) is 0 Å². The molecule has 0 atom stereocenters. The summed E-state index contributed by atoms with van der Waals surface area (Å²) in [5.74, 6) is -0.745. The van der Waals surface area contributed by atoms with Crippen molar-refractivity contribution in [3.05, 3.63) is 46.5 Å². The quantitative estimate of drug-likeness (QED) is 0.817. The van der Waals surface area contributed by atoms with Crippen molar-refractivity contribution in [1.82, 2.24) is 0 Å². The molecule has 2 aromatic carbocycles. The van der Waals surface area contributed by atoms with Crippen LogP contribution in [0.2, 0.25) is 0 Å². The van der Waals surface area contributed by atoms with E-state index < -0.39 is 5.75 Å². The summed E-state index contributed by atoms with van der Waals surface area (Å²) in [7, 11) is 0. The van der Waals surface area contributed by atoms with Crippen LogP contribution in [0.4, 0.5) is 0 Å². The Morgan fingerprint density at radius 2 is 1.05 bits per heavy atom. The average Bonchev–Trinajstić information content (AvgIpc) is 2.54. The third kappa shape index (κ3) is 2.26. The van der Waals surface area contributed by atoms with Crippen molar-refractivity contribution in [3.63, 3.8) is 0 Å². The minimum atomic E-state index is -0.711. The van der Waals surface area contributed by atoms with Gasteiger partial charge in [0.05, 0.1) is 11.1 Å². The number of phenolic OH excluding ortho intramolecular Hbond substituents is 2. The maximum absolute atomic E-state index is 11.3. The number of benzene rings is 2. The standard InChI is InChI=1S/C16H10O6/c17-5-11-13(7-19)16(22)14(8-20)12(6-18)15(11)9-1-3-10(21)4-2-9/h1-8,21-22H. The first kappa shape index (κ1) is 15.1. The number of hydrogen-bond acceptors (Lipinski definition) is 6. The first-order chi connectivity index (χ1) is 10.6. The molecule has 0 saturated heterocycles. The third-order valence-corrected chi connectivity index (χ3v) is 3.26. The summed E-state index contributed by atoms with van der Waals surface area (Å²) in [6, 6.07) is 5.49. The molecule has 2 N–H and O–H groups in total. The van der Waals surface area contributed by atoms with E-state index in [1.807, 2.05) is 0 Å². The van der Waals surface area contributed by atoms with Gasteiger partial charge < -0.3 is 10.2 Å². The Balaban J connectivity index is 3.00. The van der Waals surface area contributed by atoms with E-state index in [1.165, 1.54) is 24.3 Å². The minimum Gasteiger partial charge on any atom is -0.508 e. The van der Waals surface area contributed by atoms with Crippen LogP contribution in [0.15, 0.2) is 24.3 Å². The Morgan fingerprint density at radius 3 is 1.41 bits per heavy atom. The van der Waals surface area contributed by atoms with Crippen LogP contribution in [0, 0.1) is 0 Å². The van der Waals surface area contributed by atoms with Gasteiger partial charge in [-0.25, -0.2) is 0 Å². The van der Waals surface area contributed by atoms with Crippen LogP contribution in [-0.4, -0.2) is 35.4 Å². The van der Waals surface area contributed by atoms with Crippen molar-refractivity contribution in [2.24, 2.45) is 0 Å². The van der Waals surface area contributed by atoms with E-state index in [1.54, 1.807) is 0 Å². The van der Waals surface area contributed by atoms with Crippen LogP contribution in [0.1, 0.15) is 41.4 Å². The molecule has 6 nitrogen and oxygen atoms in total. The van der Waals surface area contributed by atoms with Crippen molar-refractivity contribution < 1.29 is 29.4 Å². The van der Waals surface area contributed by atoms with Gasteiger partial charge in [-0.05, 0) is 17.7 Å². The molecule has 0 spiro atoms. The van der Waals surface area contributed by atoms with E-state index in [-0.39, 0.29) is 46.1 Å². The topological polar surface area (TPSA) is 109 Å². The molecule has 0 fully saturated rings. The molecule has 0 aromatic heterocycles. The normalized spacial score (nSPS) is 10.0. The van der Waals surface area contributed by atoms with Gasteiger partial charge in [-0.1, -0.05) is 12.1 Å². The van der Waals surface area contributed by atoms with Crippen molar-refractivity contribution in [3.8, 4) is 22.6 Å². The van der Waals surface area contributed by atoms with Gasteiger partial charge in [0.1, 0.15) is 11.5 Å². The van der Waals surface area contributed by atoms with Crippen LogP contribution in [0.25, 0.3) is 11.1 Å². The van der Waals surface area contributed by atoms with E-state index in [4.69, 9.17) is 0 Å². The maximum Gasteiger partial charge on any atom is 0.154 e. The van der Waals surface area contributed by atoms with Gasteiger partial charge in [-0.2, -0.15) is 0 Å². The van der Waals surface area contributed by atoms with Crippen molar-refractivity contribution in [2.75, 3.05) is 0 Å². The van der Waals surface area contributed by atoms with Gasteiger partial charge in [-0.15, -0.1) is 0 Å². The van der Waals surface area contributed by atoms with Crippen LogP contribution in [0.5, 0.6) is 11.5 Å². The van der Waals surface area contributed by atoms with Gasteiger partial charge in [0.2, 0.25) is 0 Å². The summed E-state index contributed by atoms with van der Waals surface area (Å²) < 4.78 is 0. The summed E-state index contributed by atoms with van der Waals surface area (Å²) in [5, 5.41) is 19.2. The number of aldehydes is 4. The second-order valence-corrected chi connectivity index (χ2v) is 4.40. The molecule has 2 rings (SSSR count). The lowest BCUT2D eigenvalue weighted by Crippen LogP contribution is -2.05. The van der Waals surface area contributed by atoms with Crippen LogP contribution in [0.3, 0.4) is 0 Å². The lowest BCUT2D eigenvalue weighted by Gasteiger charge is -2.14. The van der Waals surface area contributed by atoms with E-state index in [9.17, 15) is 29.4 Å². The second-order valence-electron chi connectivity index (χ2n) is 4.40. The molecule has 0 unspecified atom stereocenters. The molecule has 22 heavy (non-hydrogen) atoms. The van der Waals surface area contributed by atoms with Gasteiger partial charge >= 0.3 is 0 Å². The fraction of sp³-hybridized carbons (Fsp3) is 0. The zero-order valence-corrected chi connectivity index (χ0v) is 11.1. The molecule has 0 aliphatic heterocycles.